The van der Waals surface area contributed by atoms with Gasteiger partial charge >= 0.3 is 0 Å². The van der Waals surface area contributed by atoms with E-state index in [1.807, 2.05) is 15.9 Å². The Kier molecular flexibility index (Phi) is 4.50. The van der Waals surface area contributed by atoms with E-state index >= 15 is 0 Å². The van der Waals surface area contributed by atoms with Crippen LogP contribution in [0, 0.1) is 5.92 Å². The Bertz CT molecular complexity index is 680. The van der Waals surface area contributed by atoms with Crippen molar-refractivity contribution in [2.24, 2.45) is 5.92 Å². The molecule has 2 amide bonds. The smallest absolute Gasteiger partial charge is 0.228 e. The topological polar surface area (TPSA) is 49.9 Å². The van der Waals surface area contributed by atoms with Crippen LogP contribution in [0.15, 0.2) is 18.2 Å². The van der Waals surface area contributed by atoms with Gasteiger partial charge in [0.05, 0.1) is 12.0 Å². The van der Waals surface area contributed by atoms with Crippen molar-refractivity contribution in [1.29, 1.82) is 0 Å². The van der Waals surface area contributed by atoms with E-state index in [2.05, 4.69) is 12.1 Å². The van der Waals surface area contributed by atoms with Crippen molar-refractivity contribution >= 4 is 17.5 Å². The van der Waals surface area contributed by atoms with E-state index in [4.69, 9.17) is 4.74 Å². The van der Waals surface area contributed by atoms with Gasteiger partial charge in [-0.1, -0.05) is 6.07 Å². The minimum Gasteiger partial charge on any atom is -0.381 e. The Morgan fingerprint density at radius 2 is 1.92 bits per heavy atom. The monoisotopic (exact) mass is 342 g/mol. The number of ether oxygens (including phenoxy) is 1. The molecule has 3 aliphatic rings. The highest BCUT2D eigenvalue weighted by molar-refractivity contribution is 6.00. The van der Waals surface area contributed by atoms with Crippen LogP contribution in [-0.4, -0.2) is 49.6 Å². The normalized spacial score (nSPS) is 24.0. The molecule has 2 saturated heterocycles. The molecule has 2 heterocycles. The zero-order chi connectivity index (χ0) is 17.4. The van der Waals surface area contributed by atoms with Crippen molar-refractivity contribution in [3.05, 3.63) is 29.3 Å². The van der Waals surface area contributed by atoms with Gasteiger partial charge in [-0.3, -0.25) is 9.59 Å². The molecule has 0 bridgehead atoms. The van der Waals surface area contributed by atoms with Crippen LogP contribution in [0.5, 0.6) is 0 Å². The maximum atomic E-state index is 12.8. The maximum Gasteiger partial charge on any atom is 0.228 e. The third-order valence-corrected chi connectivity index (χ3v) is 5.96. The highest BCUT2D eigenvalue weighted by Crippen LogP contribution is 2.31. The first-order valence-electron chi connectivity index (χ1n) is 9.39. The third-order valence-electron chi connectivity index (χ3n) is 5.96. The van der Waals surface area contributed by atoms with E-state index in [1.54, 1.807) is 7.11 Å². The molecule has 1 atom stereocenters. The quantitative estimate of drug-likeness (QED) is 0.846. The van der Waals surface area contributed by atoms with Crippen LogP contribution in [-0.2, 0) is 27.2 Å². The minimum absolute atomic E-state index is 0.0723. The van der Waals surface area contributed by atoms with Gasteiger partial charge in [0.2, 0.25) is 11.8 Å². The molecule has 25 heavy (non-hydrogen) atoms. The fraction of sp³-hybridized carbons (Fsp3) is 0.600. The van der Waals surface area contributed by atoms with Crippen LogP contribution in [0.25, 0.3) is 0 Å². The van der Waals surface area contributed by atoms with E-state index in [1.165, 1.54) is 17.5 Å². The summed E-state index contributed by atoms with van der Waals surface area (Å²) in [6.45, 7) is 1.99. The van der Waals surface area contributed by atoms with Gasteiger partial charge in [-0.25, -0.2) is 0 Å². The Hall–Kier alpha value is -1.88. The number of piperidine rings is 1. The SMILES string of the molecule is COC1CCN(C(=O)[C@@H]2CC(=O)N(c3ccc4c(c3)CCC4)C2)CC1. The number of amides is 2. The van der Waals surface area contributed by atoms with Crippen molar-refractivity contribution in [2.45, 2.75) is 44.6 Å². The highest BCUT2D eigenvalue weighted by atomic mass is 16.5. The fourth-order valence-corrected chi connectivity index (χ4v) is 4.42. The lowest BCUT2D eigenvalue weighted by atomic mass is 10.0. The average Bonchev–Trinajstić information content (AvgIpc) is 3.26. The Labute approximate surface area is 148 Å². The van der Waals surface area contributed by atoms with E-state index < -0.39 is 0 Å². The molecule has 0 saturated carbocycles. The summed E-state index contributed by atoms with van der Waals surface area (Å²) in [6, 6.07) is 6.34. The zero-order valence-electron chi connectivity index (χ0n) is 14.9. The van der Waals surface area contributed by atoms with Gasteiger partial charge < -0.3 is 14.5 Å². The molecule has 2 fully saturated rings. The highest BCUT2D eigenvalue weighted by Gasteiger charge is 2.38. The summed E-state index contributed by atoms with van der Waals surface area (Å²) < 4.78 is 5.37. The lowest BCUT2D eigenvalue weighted by Crippen LogP contribution is -2.44. The first kappa shape index (κ1) is 16.6. The Morgan fingerprint density at radius 1 is 1.16 bits per heavy atom. The summed E-state index contributed by atoms with van der Waals surface area (Å²) in [5.41, 5.74) is 3.73. The lowest BCUT2D eigenvalue weighted by Gasteiger charge is -2.32. The number of hydrogen-bond donors (Lipinski definition) is 0. The summed E-state index contributed by atoms with van der Waals surface area (Å²) >= 11 is 0. The molecule has 2 aliphatic heterocycles. The van der Waals surface area contributed by atoms with Gasteiger partial charge in [-0.05, 0) is 55.4 Å². The van der Waals surface area contributed by atoms with Crippen LogP contribution in [0.3, 0.4) is 0 Å². The molecule has 1 aromatic rings. The second-order valence-electron chi connectivity index (χ2n) is 7.47. The van der Waals surface area contributed by atoms with Crippen LogP contribution in [0.4, 0.5) is 5.69 Å². The maximum absolute atomic E-state index is 12.8. The van der Waals surface area contributed by atoms with E-state index in [0.717, 1.165) is 44.5 Å². The largest absolute Gasteiger partial charge is 0.381 e. The molecule has 5 nitrogen and oxygen atoms in total. The number of carbonyl (C=O) groups is 2. The standard InChI is InChI=1S/C20H26N2O3/c1-25-18-7-9-21(10-8-18)20(24)16-12-19(23)22(13-16)17-6-5-14-3-2-4-15(14)11-17/h5-6,11,16,18H,2-4,7-10,12-13H2,1H3/t16-/m1/s1. The lowest BCUT2D eigenvalue weighted by molar-refractivity contribution is -0.138. The molecule has 1 aromatic carbocycles. The molecule has 134 valence electrons. The Balaban J connectivity index is 1.43. The second-order valence-corrected chi connectivity index (χ2v) is 7.47. The third kappa shape index (κ3) is 3.17. The van der Waals surface area contributed by atoms with Crippen molar-refractivity contribution in [3.8, 4) is 0 Å². The Morgan fingerprint density at radius 3 is 2.68 bits per heavy atom. The number of rotatable bonds is 3. The summed E-state index contributed by atoms with van der Waals surface area (Å²) in [5, 5.41) is 0. The number of nitrogens with zero attached hydrogens (tertiary/aromatic N) is 2. The number of benzene rings is 1. The number of aryl methyl sites for hydroxylation is 2. The summed E-state index contributed by atoms with van der Waals surface area (Å²) in [4.78, 5) is 29.0. The molecular weight excluding hydrogens is 316 g/mol. The summed E-state index contributed by atoms with van der Waals surface area (Å²) in [5.74, 6) is -0.00510. The van der Waals surface area contributed by atoms with Crippen molar-refractivity contribution in [1.82, 2.24) is 4.90 Å². The van der Waals surface area contributed by atoms with Gasteiger partial charge in [-0.15, -0.1) is 0 Å². The minimum atomic E-state index is -0.208. The number of carbonyl (C=O) groups excluding carboxylic acids is 2. The molecular formula is C20H26N2O3. The van der Waals surface area contributed by atoms with E-state index in [9.17, 15) is 9.59 Å². The second kappa shape index (κ2) is 6.79. The van der Waals surface area contributed by atoms with Gasteiger partial charge in [0.15, 0.2) is 0 Å². The number of hydrogen-bond acceptors (Lipinski definition) is 3. The molecule has 0 N–H and O–H groups in total. The van der Waals surface area contributed by atoms with Crippen molar-refractivity contribution in [3.63, 3.8) is 0 Å². The van der Waals surface area contributed by atoms with Crippen LogP contribution >= 0.6 is 0 Å². The zero-order valence-corrected chi connectivity index (χ0v) is 14.9. The van der Waals surface area contributed by atoms with Crippen molar-refractivity contribution < 1.29 is 14.3 Å². The number of fused-ring (bicyclic) bond motifs is 1. The number of anilines is 1. The first-order valence-corrected chi connectivity index (χ1v) is 9.39. The van der Waals surface area contributed by atoms with E-state index in [0.29, 0.717) is 13.0 Å². The fourth-order valence-electron chi connectivity index (χ4n) is 4.42. The van der Waals surface area contributed by atoms with Crippen LogP contribution < -0.4 is 4.90 Å². The van der Waals surface area contributed by atoms with Gasteiger partial charge in [-0.2, -0.15) is 0 Å². The first-order chi connectivity index (χ1) is 12.2. The molecule has 0 unspecified atom stereocenters. The van der Waals surface area contributed by atoms with Gasteiger partial charge in [0, 0.05) is 38.9 Å². The van der Waals surface area contributed by atoms with Crippen LogP contribution in [0.1, 0.15) is 36.8 Å². The van der Waals surface area contributed by atoms with E-state index in [-0.39, 0.29) is 23.8 Å². The molecule has 0 spiro atoms. The predicted octanol–water partition coefficient (Wildman–Crippen LogP) is 2.17. The molecule has 0 radical (unpaired) electrons. The molecule has 0 aromatic heterocycles. The van der Waals surface area contributed by atoms with Gasteiger partial charge in [0.25, 0.3) is 0 Å². The molecule has 1 aliphatic carbocycles. The van der Waals surface area contributed by atoms with Gasteiger partial charge in [0.1, 0.15) is 0 Å². The summed E-state index contributed by atoms with van der Waals surface area (Å²) in [6.07, 6.45) is 5.81. The van der Waals surface area contributed by atoms with Crippen LogP contribution in [0.2, 0.25) is 0 Å². The predicted molar refractivity (Wildman–Crippen MR) is 95.5 cm³/mol. The number of likely N-dealkylation sites (tertiary alicyclic amines) is 1. The average molecular weight is 342 g/mol. The molecule has 5 heteroatoms. The summed E-state index contributed by atoms with van der Waals surface area (Å²) in [7, 11) is 1.73. The van der Waals surface area contributed by atoms with Crippen molar-refractivity contribution in [2.75, 3.05) is 31.6 Å². The molecule has 4 rings (SSSR count). The number of methoxy groups -OCH3 is 1.